The summed E-state index contributed by atoms with van der Waals surface area (Å²) in [4.78, 5) is 23.6. The molecule has 0 saturated carbocycles. The van der Waals surface area contributed by atoms with E-state index in [4.69, 9.17) is 5.11 Å². The quantitative estimate of drug-likeness (QED) is 0.427. The molecule has 0 unspecified atom stereocenters. The van der Waals surface area contributed by atoms with Gasteiger partial charge in [0.05, 0.1) is 5.56 Å². The van der Waals surface area contributed by atoms with Crippen molar-refractivity contribution in [3.8, 4) is 5.75 Å². The second-order valence-corrected chi connectivity index (χ2v) is 7.39. The summed E-state index contributed by atoms with van der Waals surface area (Å²) >= 11 is 0. The van der Waals surface area contributed by atoms with Crippen LogP contribution in [0.25, 0.3) is 10.8 Å². The molecule has 0 aliphatic carbocycles. The Morgan fingerprint density at radius 2 is 1.45 bits per heavy atom. The fourth-order valence-electron chi connectivity index (χ4n) is 3.48. The molecule has 0 aromatic heterocycles. The molecule has 0 saturated heterocycles. The van der Waals surface area contributed by atoms with E-state index in [9.17, 15) is 14.7 Å². The van der Waals surface area contributed by atoms with Crippen LogP contribution < -0.4 is 5.32 Å². The molecule has 0 heterocycles. The number of hydrogen-bond acceptors (Lipinski definition) is 3. The Morgan fingerprint density at radius 1 is 0.742 bits per heavy atom. The van der Waals surface area contributed by atoms with Crippen LogP contribution in [0.4, 0.5) is 0 Å². The van der Waals surface area contributed by atoms with Gasteiger partial charge < -0.3 is 15.5 Å². The number of hydrogen-bond donors (Lipinski definition) is 3. The van der Waals surface area contributed by atoms with E-state index in [1.807, 2.05) is 48.5 Å². The summed E-state index contributed by atoms with van der Waals surface area (Å²) in [6, 6.07) is 25.2. The number of fused-ring (bicyclic) bond motifs is 1. The molecule has 154 valence electrons. The van der Waals surface area contributed by atoms with Crippen molar-refractivity contribution in [1.29, 1.82) is 0 Å². The number of aromatic carboxylic acids is 1. The van der Waals surface area contributed by atoms with Crippen molar-refractivity contribution in [2.45, 2.75) is 13.0 Å². The van der Waals surface area contributed by atoms with Gasteiger partial charge in [-0.1, -0.05) is 48.5 Å². The molecule has 1 amide bonds. The lowest BCUT2D eigenvalue weighted by Gasteiger charge is -2.10. The van der Waals surface area contributed by atoms with Crippen molar-refractivity contribution in [3.05, 3.63) is 113 Å². The van der Waals surface area contributed by atoms with Gasteiger partial charge in [0.15, 0.2) is 0 Å². The second kappa shape index (κ2) is 8.71. The maximum Gasteiger partial charge on any atom is 0.335 e. The predicted molar refractivity (Wildman–Crippen MR) is 119 cm³/mol. The van der Waals surface area contributed by atoms with E-state index in [-0.39, 0.29) is 17.2 Å². The molecule has 5 heteroatoms. The first-order valence-electron chi connectivity index (χ1n) is 9.89. The summed E-state index contributed by atoms with van der Waals surface area (Å²) in [7, 11) is 0. The molecule has 0 aliphatic heterocycles. The minimum atomic E-state index is -0.974. The number of aromatic hydroxyl groups is 1. The standard InChI is InChI=1S/C26H21NO4/c28-24-15-20-10-11-21(25(29)27-16-18-4-2-1-3-5-18)13-22(20)14-23(24)12-17-6-8-19(9-7-17)26(30)31/h1-11,13-15,28H,12,16H2,(H,27,29)(H,30,31). The lowest BCUT2D eigenvalue weighted by molar-refractivity contribution is 0.0696. The van der Waals surface area contributed by atoms with Gasteiger partial charge in [0, 0.05) is 18.5 Å². The monoisotopic (exact) mass is 411 g/mol. The predicted octanol–water partition coefficient (Wildman–Crippen LogP) is 4.76. The molecule has 0 radical (unpaired) electrons. The van der Waals surface area contributed by atoms with Gasteiger partial charge in [0.25, 0.3) is 5.91 Å². The van der Waals surface area contributed by atoms with Crippen molar-refractivity contribution < 1.29 is 19.8 Å². The van der Waals surface area contributed by atoms with Gasteiger partial charge in [0.2, 0.25) is 0 Å². The third-order valence-electron chi connectivity index (χ3n) is 5.19. The van der Waals surface area contributed by atoms with E-state index in [1.54, 1.807) is 36.4 Å². The Labute approximate surface area is 179 Å². The topological polar surface area (TPSA) is 86.6 Å². The number of carbonyl (C=O) groups is 2. The maximum atomic E-state index is 12.6. The number of carboxylic acids is 1. The lowest BCUT2D eigenvalue weighted by atomic mass is 9.98. The largest absolute Gasteiger partial charge is 0.508 e. The Kier molecular flexibility index (Phi) is 5.67. The molecule has 0 spiro atoms. The van der Waals surface area contributed by atoms with Gasteiger partial charge in [-0.2, -0.15) is 0 Å². The van der Waals surface area contributed by atoms with Crippen LogP contribution in [-0.2, 0) is 13.0 Å². The summed E-state index contributed by atoms with van der Waals surface area (Å²) < 4.78 is 0. The number of nitrogens with one attached hydrogen (secondary N) is 1. The highest BCUT2D eigenvalue weighted by Crippen LogP contribution is 2.28. The molecular formula is C26H21NO4. The van der Waals surface area contributed by atoms with Gasteiger partial charge in [-0.25, -0.2) is 4.79 Å². The van der Waals surface area contributed by atoms with Gasteiger partial charge in [-0.15, -0.1) is 0 Å². The molecule has 31 heavy (non-hydrogen) atoms. The summed E-state index contributed by atoms with van der Waals surface area (Å²) in [5, 5.41) is 24.1. The number of rotatable bonds is 6. The molecule has 0 fully saturated rings. The number of phenolic OH excluding ortho intramolecular Hbond substituents is 1. The molecule has 0 bridgehead atoms. The fourth-order valence-corrected chi connectivity index (χ4v) is 3.48. The van der Waals surface area contributed by atoms with Crippen molar-refractivity contribution in [1.82, 2.24) is 5.32 Å². The van der Waals surface area contributed by atoms with Crippen molar-refractivity contribution in [2.24, 2.45) is 0 Å². The smallest absolute Gasteiger partial charge is 0.335 e. The van der Waals surface area contributed by atoms with Crippen molar-refractivity contribution >= 4 is 22.6 Å². The Bertz CT molecular complexity index is 1250. The van der Waals surface area contributed by atoms with Crippen LogP contribution in [0.5, 0.6) is 5.75 Å². The molecule has 5 nitrogen and oxygen atoms in total. The van der Waals surface area contributed by atoms with Crippen LogP contribution in [-0.4, -0.2) is 22.1 Å². The minimum absolute atomic E-state index is 0.162. The van der Waals surface area contributed by atoms with Crippen LogP contribution in [0.2, 0.25) is 0 Å². The average molecular weight is 411 g/mol. The summed E-state index contributed by atoms with van der Waals surface area (Å²) in [6.45, 7) is 0.449. The number of amides is 1. The van der Waals surface area contributed by atoms with Crippen LogP contribution in [0, 0.1) is 0 Å². The number of benzene rings is 4. The van der Waals surface area contributed by atoms with Gasteiger partial charge in [-0.3, -0.25) is 4.79 Å². The Morgan fingerprint density at radius 3 is 2.16 bits per heavy atom. The fraction of sp³-hybridized carbons (Fsp3) is 0.0769. The lowest BCUT2D eigenvalue weighted by Crippen LogP contribution is -2.22. The molecule has 4 rings (SSSR count). The van der Waals surface area contributed by atoms with E-state index >= 15 is 0 Å². The van der Waals surface area contributed by atoms with Gasteiger partial charge in [0.1, 0.15) is 5.75 Å². The highest BCUT2D eigenvalue weighted by Gasteiger charge is 2.10. The summed E-state index contributed by atoms with van der Waals surface area (Å²) in [5.74, 6) is -0.973. The second-order valence-electron chi connectivity index (χ2n) is 7.39. The average Bonchev–Trinajstić information content (AvgIpc) is 2.78. The maximum absolute atomic E-state index is 12.6. The zero-order valence-corrected chi connectivity index (χ0v) is 16.7. The molecule has 0 aliphatic rings. The Hall–Kier alpha value is -4.12. The van der Waals surface area contributed by atoms with E-state index in [0.717, 1.165) is 21.9 Å². The first kappa shape index (κ1) is 20.2. The van der Waals surface area contributed by atoms with Gasteiger partial charge >= 0.3 is 5.97 Å². The molecule has 4 aromatic carbocycles. The minimum Gasteiger partial charge on any atom is -0.508 e. The van der Waals surface area contributed by atoms with Crippen molar-refractivity contribution in [2.75, 3.05) is 0 Å². The van der Waals surface area contributed by atoms with Crippen LogP contribution >= 0.6 is 0 Å². The zero-order chi connectivity index (χ0) is 21.8. The first-order chi connectivity index (χ1) is 15.0. The molecular weight excluding hydrogens is 390 g/mol. The number of carbonyl (C=O) groups excluding carboxylic acids is 1. The van der Waals surface area contributed by atoms with E-state index in [0.29, 0.717) is 24.1 Å². The first-order valence-corrected chi connectivity index (χ1v) is 9.89. The van der Waals surface area contributed by atoms with E-state index < -0.39 is 5.97 Å². The highest BCUT2D eigenvalue weighted by molar-refractivity contribution is 5.99. The van der Waals surface area contributed by atoms with Crippen molar-refractivity contribution in [3.63, 3.8) is 0 Å². The SMILES string of the molecule is O=C(O)c1ccc(Cc2cc3cc(C(=O)NCc4ccccc4)ccc3cc2O)cc1. The van der Waals surface area contributed by atoms with Crippen LogP contribution in [0.3, 0.4) is 0 Å². The number of phenols is 1. The zero-order valence-electron chi connectivity index (χ0n) is 16.7. The third kappa shape index (κ3) is 4.73. The molecule has 0 atom stereocenters. The third-order valence-corrected chi connectivity index (χ3v) is 5.19. The van der Waals surface area contributed by atoms with Crippen LogP contribution in [0.1, 0.15) is 37.4 Å². The van der Waals surface area contributed by atoms with E-state index in [2.05, 4.69) is 5.32 Å². The molecule has 3 N–H and O–H groups in total. The van der Waals surface area contributed by atoms with Gasteiger partial charge in [-0.05, 0) is 63.9 Å². The number of carboxylic acid groups (broad SMARTS) is 1. The highest BCUT2D eigenvalue weighted by atomic mass is 16.4. The molecule has 4 aromatic rings. The van der Waals surface area contributed by atoms with E-state index in [1.165, 1.54) is 0 Å². The summed E-state index contributed by atoms with van der Waals surface area (Å²) in [6.07, 6.45) is 0.450. The Balaban J connectivity index is 1.55. The summed E-state index contributed by atoms with van der Waals surface area (Å²) in [5.41, 5.74) is 3.38. The van der Waals surface area contributed by atoms with Crippen LogP contribution in [0.15, 0.2) is 84.9 Å². The normalized spacial score (nSPS) is 10.7.